The van der Waals surface area contributed by atoms with Gasteiger partial charge in [-0.2, -0.15) is 0 Å². The van der Waals surface area contributed by atoms with E-state index in [0.717, 1.165) is 30.5 Å². The lowest BCUT2D eigenvalue weighted by molar-refractivity contribution is -0.116. The van der Waals surface area contributed by atoms with Gasteiger partial charge in [-0.3, -0.25) is 9.59 Å². The summed E-state index contributed by atoms with van der Waals surface area (Å²) >= 11 is 0. The second-order valence-corrected chi connectivity index (χ2v) is 7.97. The molecular weight excluding hydrogens is 404 g/mol. The van der Waals surface area contributed by atoms with Crippen LogP contribution in [0.5, 0.6) is 5.75 Å². The molecule has 162 valence electrons. The molecule has 0 spiro atoms. The summed E-state index contributed by atoms with van der Waals surface area (Å²) < 4.78 is 13.3. The van der Waals surface area contributed by atoms with Gasteiger partial charge in [0.05, 0.1) is 17.1 Å². The first-order valence-corrected chi connectivity index (χ1v) is 10.8. The van der Waals surface area contributed by atoms with Gasteiger partial charge in [-0.15, -0.1) is 0 Å². The highest BCUT2D eigenvalue weighted by atomic mass is 16.5. The van der Waals surface area contributed by atoms with Gasteiger partial charge in [0.1, 0.15) is 18.9 Å². The third-order valence-corrected chi connectivity index (χ3v) is 5.76. The van der Waals surface area contributed by atoms with Crippen LogP contribution in [-0.4, -0.2) is 29.8 Å². The quantitative estimate of drug-likeness (QED) is 0.464. The van der Waals surface area contributed by atoms with Gasteiger partial charge in [0.2, 0.25) is 5.91 Å². The average molecular weight is 428 g/mol. The lowest BCUT2D eigenvalue weighted by Crippen LogP contribution is -2.21. The largest absolute Gasteiger partial charge is 0.491 e. The molecule has 0 radical (unpaired) electrons. The maximum absolute atomic E-state index is 13.0. The van der Waals surface area contributed by atoms with E-state index < -0.39 is 0 Å². The first-order chi connectivity index (χ1) is 15.7. The van der Waals surface area contributed by atoms with Gasteiger partial charge in [-0.05, 0) is 49.2 Å². The van der Waals surface area contributed by atoms with Gasteiger partial charge in [-0.1, -0.05) is 30.3 Å². The average Bonchev–Trinajstić information content (AvgIpc) is 3.34. The molecule has 1 saturated heterocycles. The minimum atomic E-state index is -0.180. The molecule has 1 aliphatic heterocycles. The number of fused-ring (bicyclic) bond motifs is 2. The summed E-state index contributed by atoms with van der Waals surface area (Å²) in [4.78, 5) is 25.8. The molecule has 1 fully saturated rings. The van der Waals surface area contributed by atoms with Crippen LogP contribution in [0.1, 0.15) is 12.8 Å². The Bertz CT molecular complexity index is 1280. The molecule has 1 amide bonds. The Hall–Kier alpha value is -3.64. The number of carbonyl (C=O) groups excluding carboxylic acids is 1. The van der Waals surface area contributed by atoms with E-state index in [-0.39, 0.29) is 24.0 Å². The Morgan fingerprint density at radius 2 is 1.72 bits per heavy atom. The Morgan fingerprint density at radius 3 is 2.41 bits per heavy atom. The zero-order chi connectivity index (χ0) is 21.9. The molecule has 32 heavy (non-hydrogen) atoms. The number of benzene rings is 3. The Morgan fingerprint density at radius 1 is 1.00 bits per heavy atom. The number of amides is 1. The number of anilines is 1. The van der Waals surface area contributed by atoms with Crippen molar-refractivity contribution >= 4 is 33.4 Å². The Kier molecular flexibility index (Phi) is 5.60. The fourth-order valence-corrected chi connectivity index (χ4v) is 4.22. The van der Waals surface area contributed by atoms with Crippen molar-refractivity contribution in [1.82, 2.24) is 4.57 Å². The summed E-state index contributed by atoms with van der Waals surface area (Å²) in [5.74, 6) is 0.512. The lowest BCUT2D eigenvalue weighted by Gasteiger charge is -2.16. The van der Waals surface area contributed by atoms with Crippen molar-refractivity contribution in [3.63, 3.8) is 0 Å². The number of nitrogens with zero attached hydrogens (tertiary/aromatic N) is 1. The van der Waals surface area contributed by atoms with Gasteiger partial charge in [0.25, 0.3) is 0 Å². The minimum Gasteiger partial charge on any atom is -0.491 e. The van der Waals surface area contributed by atoms with Gasteiger partial charge in [-0.25, -0.2) is 0 Å². The molecule has 3 aromatic carbocycles. The standard InChI is InChI=1S/C26H24N2O4/c29-25(27-18-7-5-8-19(15-18)32-17-20-9-6-14-31-20)16-28-23-12-3-1-10-21(23)26(30)22-11-2-4-13-24(22)28/h1-5,7-8,10-13,15,20H,6,9,14,16-17H2,(H,27,29). The number of aromatic nitrogens is 1. The molecule has 6 nitrogen and oxygen atoms in total. The van der Waals surface area contributed by atoms with Crippen LogP contribution in [0.3, 0.4) is 0 Å². The molecule has 1 N–H and O–H groups in total. The van der Waals surface area contributed by atoms with Crippen molar-refractivity contribution in [3.05, 3.63) is 83.0 Å². The zero-order valence-corrected chi connectivity index (χ0v) is 17.6. The van der Waals surface area contributed by atoms with Crippen LogP contribution in [0, 0.1) is 0 Å². The summed E-state index contributed by atoms with van der Waals surface area (Å²) in [6.07, 6.45) is 2.21. The fraction of sp³-hybridized carbons (Fsp3) is 0.231. The minimum absolute atomic E-state index is 0.0241. The van der Waals surface area contributed by atoms with Crippen LogP contribution in [0.2, 0.25) is 0 Å². The highest BCUT2D eigenvalue weighted by Gasteiger charge is 2.16. The van der Waals surface area contributed by atoms with E-state index in [0.29, 0.717) is 28.8 Å². The van der Waals surface area contributed by atoms with E-state index in [9.17, 15) is 9.59 Å². The molecule has 6 heteroatoms. The molecule has 0 aliphatic carbocycles. The normalized spacial score (nSPS) is 15.8. The van der Waals surface area contributed by atoms with Gasteiger partial charge in [0.15, 0.2) is 5.43 Å². The van der Waals surface area contributed by atoms with Crippen LogP contribution < -0.4 is 15.5 Å². The summed E-state index contributed by atoms with van der Waals surface area (Å²) in [6.45, 7) is 1.38. The summed E-state index contributed by atoms with van der Waals surface area (Å²) in [7, 11) is 0. The number of hydrogen-bond acceptors (Lipinski definition) is 4. The lowest BCUT2D eigenvalue weighted by atomic mass is 10.1. The smallest absolute Gasteiger partial charge is 0.244 e. The Labute approximate surface area is 185 Å². The Balaban J connectivity index is 1.38. The van der Waals surface area contributed by atoms with Crippen LogP contribution >= 0.6 is 0 Å². The molecular formula is C26H24N2O4. The summed E-state index contributed by atoms with van der Waals surface area (Å²) in [5, 5.41) is 4.15. The molecule has 1 aromatic heterocycles. The predicted octanol–water partition coefficient (Wildman–Crippen LogP) is 4.35. The van der Waals surface area contributed by atoms with E-state index in [1.807, 2.05) is 65.2 Å². The highest BCUT2D eigenvalue weighted by Crippen LogP contribution is 2.21. The zero-order valence-electron chi connectivity index (χ0n) is 17.6. The predicted molar refractivity (Wildman–Crippen MR) is 125 cm³/mol. The fourth-order valence-electron chi connectivity index (χ4n) is 4.22. The van der Waals surface area contributed by atoms with Crippen molar-refractivity contribution in [2.24, 2.45) is 0 Å². The van der Waals surface area contributed by atoms with E-state index in [1.165, 1.54) is 0 Å². The first-order valence-electron chi connectivity index (χ1n) is 10.8. The first kappa shape index (κ1) is 20.3. The van der Waals surface area contributed by atoms with Gasteiger partial charge < -0.3 is 19.4 Å². The van der Waals surface area contributed by atoms with Crippen molar-refractivity contribution in [2.45, 2.75) is 25.5 Å². The van der Waals surface area contributed by atoms with Crippen LogP contribution in [0.25, 0.3) is 21.8 Å². The van der Waals surface area contributed by atoms with Crippen LogP contribution in [-0.2, 0) is 16.1 Å². The molecule has 2 heterocycles. The monoisotopic (exact) mass is 428 g/mol. The second kappa shape index (κ2) is 8.85. The number of hydrogen-bond donors (Lipinski definition) is 1. The van der Waals surface area contributed by atoms with Crippen LogP contribution in [0.4, 0.5) is 5.69 Å². The molecule has 1 aliphatic rings. The van der Waals surface area contributed by atoms with Gasteiger partial charge >= 0.3 is 0 Å². The topological polar surface area (TPSA) is 69.6 Å². The van der Waals surface area contributed by atoms with E-state index in [2.05, 4.69) is 5.32 Å². The molecule has 1 unspecified atom stereocenters. The number of para-hydroxylation sites is 2. The molecule has 1 atom stereocenters. The highest BCUT2D eigenvalue weighted by molar-refractivity contribution is 5.97. The van der Waals surface area contributed by atoms with Crippen molar-refractivity contribution in [2.75, 3.05) is 18.5 Å². The van der Waals surface area contributed by atoms with E-state index in [1.54, 1.807) is 12.1 Å². The SMILES string of the molecule is O=C(Cn1c2ccccc2c(=O)c2ccccc21)Nc1cccc(OCC2CCCO2)c1. The number of pyridine rings is 1. The number of nitrogens with one attached hydrogen (secondary N) is 1. The maximum atomic E-state index is 13.0. The second-order valence-electron chi connectivity index (χ2n) is 7.97. The van der Waals surface area contributed by atoms with Crippen molar-refractivity contribution in [1.29, 1.82) is 0 Å². The number of carbonyl (C=O) groups is 1. The van der Waals surface area contributed by atoms with E-state index >= 15 is 0 Å². The van der Waals surface area contributed by atoms with Crippen LogP contribution in [0.15, 0.2) is 77.6 Å². The molecule has 4 aromatic rings. The summed E-state index contributed by atoms with van der Waals surface area (Å²) in [6, 6.07) is 22.1. The third kappa shape index (κ3) is 4.09. The number of rotatable bonds is 6. The maximum Gasteiger partial charge on any atom is 0.244 e. The van der Waals surface area contributed by atoms with Gasteiger partial charge in [0, 0.05) is 29.1 Å². The van der Waals surface area contributed by atoms with Crippen molar-refractivity contribution < 1.29 is 14.3 Å². The van der Waals surface area contributed by atoms with E-state index in [4.69, 9.17) is 9.47 Å². The molecule has 5 rings (SSSR count). The molecule has 0 bridgehead atoms. The molecule has 0 saturated carbocycles. The van der Waals surface area contributed by atoms with Crippen molar-refractivity contribution in [3.8, 4) is 5.75 Å². The third-order valence-electron chi connectivity index (χ3n) is 5.76. The summed E-state index contributed by atoms with van der Waals surface area (Å²) in [5.41, 5.74) is 2.11. The number of ether oxygens (including phenoxy) is 2.